The molecule has 0 unspecified atom stereocenters. The fourth-order valence-corrected chi connectivity index (χ4v) is 1.94. The van der Waals surface area contributed by atoms with E-state index in [2.05, 4.69) is 0 Å². The molecule has 1 aromatic heterocycles. The maximum absolute atomic E-state index is 12.2. The summed E-state index contributed by atoms with van der Waals surface area (Å²) in [5.74, 6) is -0.787. The number of esters is 1. The van der Waals surface area contributed by atoms with Gasteiger partial charge in [0.1, 0.15) is 0 Å². The van der Waals surface area contributed by atoms with Crippen molar-refractivity contribution in [1.82, 2.24) is 0 Å². The molecule has 118 valence electrons. The first-order valence-electron chi connectivity index (χ1n) is 7.19. The number of hydrogen-bond donors (Lipinski definition) is 1. The number of carbonyl (C=O) groups excluding carboxylic acids is 1. The molecule has 1 aromatic carbocycles. The lowest BCUT2D eigenvalue weighted by molar-refractivity contribution is 0.0365. The van der Waals surface area contributed by atoms with E-state index in [1.165, 1.54) is 0 Å². The predicted molar refractivity (Wildman–Crippen MR) is 82.1 cm³/mol. The van der Waals surface area contributed by atoms with Crippen molar-refractivity contribution in [2.45, 2.75) is 39.9 Å². The molecule has 1 heterocycles. The van der Waals surface area contributed by atoms with Crippen molar-refractivity contribution in [1.29, 1.82) is 0 Å². The first kappa shape index (κ1) is 15.9. The summed E-state index contributed by atoms with van der Waals surface area (Å²) in [5.41, 5.74) is 0.568. The van der Waals surface area contributed by atoms with Crippen LogP contribution in [0, 0.1) is 0 Å². The average Bonchev–Trinajstić information content (AvgIpc) is 2.75. The summed E-state index contributed by atoms with van der Waals surface area (Å²) in [4.78, 5) is 12.2. The van der Waals surface area contributed by atoms with Crippen molar-refractivity contribution in [3.8, 4) is 23.0 Å². The molecule has 0 atom stereocenters. The molecule has 0 aliphatic carbocycles. The maximum atomic E-state index is 12.2. The van der Waals surface area contributed by atoms with Gasteiger partial charge in [0.2, 0.25) is 0 Å². The number of hydrogen-bond acceptors (Lipinski definition) is 5. The third-order valence-corrected chi connectivity index (χ3v) is 2.78. The zero-order valence-corrected chi connectivity index (χ0v) is 13.1. The summed E-state index contributed by atoms with van der Waals surface area (Å²) >= 11 is 0. The van der Waals surface area contributed by atoms with Crippen LogP contribution in [0.5, 0.6) is 11.7 Å². The second-order valence-electron chi connectivity index (χ2n) is 5.43. The number of benzene rings is 1. The molecule has 0 aliphatic heterocycles. The minimum absolute atomic E-state index is 0.0306. The van der Waals surface area contributed by atoms with E-state index in [9.17, 15) is 9.90 Å². The lowest BCUT2D eigenvalue weighted by atomic mass is 10.1. The fraction of sp³-hybridized carbons (Fsp3) is 0.353. The van der Waals surface area contributed by atoms with Crippen LogP contribution in [0.25, 0.3) is 11.3 Å². The molecule has 0 saturated heterocycles. The highest BCUT2D eigenvalue weighted by Gasteiger charge is 2.30. The number of aromatic hydroxyl groups is 1. The third-order valence-electron chi connectivity index (χ3n) is 2.78. The molecular weight excluding hydrogens is 284 g/mol. The van der Waals surface area contributed by atoms with Gasteiger partial charge < -0.3 is 19.0 Å². The molecule has 1 N–H and O–H groups in total. The van der Waals surface area contributed by atoms with E-state index in [0.717, 1.165) is 0 Å². The Labute approximate surface area is 129 Å². The van der Waals surface area contributed by atoms with Crippen molar-refractivity contribution >= 4 is 5.97 Å². The molecule has 2 rings (SSSR count). The van der Waals surface area contributed by atoms with Gasteiger partial charge >= 0.3 is 11.9 Å². The Bertz CT molecular complexity index is 641. The third kappa shape index (κ3) is 3.42. The zero-order valence-electron chi connectivity index (χ0n) is 13.1. The summed E-state index contributed by atoms with van der Waals surface area (Å²) in [6.07, 6.45) is -0.520. The van der Waals surface area contributed by atoms with Crippen molar-refractivity contribution in [3.05, 3.63) is 35.9 Å². The first-order valence-corrected chi connectivity index (χ1v) is 7.19. The molecule has 0 amide bonds. The van der Waals surface area contributed by atoms with Crippen LogP contribution in [0.4, 0.5) is 0 Å². The van der Waals surface area contributed by atoms with Crippen molar-refractivity contribution in [2.75, 3.05) is 0 Å². The summed E-state index contributed by atoms with van der Waals surface area (Å²) in [7, 11) is 0. The molecule has 0 fully saturated rings. The molecule has 0 bridgehead atoms. The van der Waals surface area contributed by atoms with Crippen LogP contribution in [0.2, 0.25) is 0 Å². The second kappa shape index (κ2) is 6.56. The van der Waals surface area contributed by atoms with E-state index in [-0.39, 0.29) is 35.2 Å². The van der Waals surface area contributed by atoms with Gasteiger partial charge in [-0.2, -0.15) is 0 Å². The molecule has 5 heteroatoms. The summed E-state index contributed by atoms with van der Waals surface area (Å²) in [6, 6.07) is 9.02. The van der Waals surface area contributed by atoms with Crippen molar-refractivity contribution < 1.29 is 23.8 Å². The lowest BCUT2D eigenvalue weighted by Gasteiger charge is -2.10. The van der Waals surface area contributed by atoms with E-state index in [1.54, 1.807) is 39.8 Å². The van der Waals surface area contributed by atoms with Crippen LogP contribution in [0.15, 0.2) is 34.7 Å². The number of furan rings is 1. The van der Waals surface area contributed by atoms with Crippen molar-refractivity contribution in [3.63, 3.8) is 0 Å². The van der Waals surface area contributed by atoms with Gasteiger partial charge in [0.15, 0.2) is 17.1 Å². The smallest absolute Gasteiger partial charge is 0.349 e. The monoisotopic (exact) mass is 304 g/mol. The molecule has 2 aromatic rings. The number of carbonyl (C=O) groups is 1. The number of rotatable bonds is 5. The average molecular weight is 304 g/mol. The first-order chi connectivity index (χ1) is 10.4. The Morgan fingerprint density at radius 1 is 1.09 bits per heavy atom. The minimum Gasteiger partial charge on any atom is -0.503 e. The predicted octanol–water partition coefficient (Wildman–Crippen LogP) is 4.00. The Morgan fingerprint density at radius 2 is 1.73 bits per heavy atom. The highest BCUT2D eigenvalue weighted by atomic mass is 16.6. The van der Waals surface area contributed by atoms with Gasteiger partial charge in [0.25, 0.3) is 0 Å². The lowest BCUT2D eigenvalue weighted by Crippen LogP contribution is -2.14. The van der Waals surface area contributed by atoms with Gasteiger partial charge in [-0.15, -0.1) is 0 Å². The Kier molecular flexibility index (Phi) is 4.75. The van der Waals surface area contributed by atoms with E-state index in [4.69, 9.17) is 13.9 Å². The van der Waals surface area contributed by atoms with E-state index >= 15 is 0 Å². The fourth-order valence-electron chi connectivity index (χ4n) is 1.94. The van der Waals surface area contributed by atoms with Crippen LogP contribution in [0.1, 0.15) is 38.1 Å². The number of ether oxygens (including phenoxy) is 2. The summed E-state index contributed by atoms with van der Waals surface area (Å²) < 4.78 is 16.2. The second-order valence-corrected chi connectivity index (χ2v) is 5.43. The highest BCUT2D eigenvalue weighted by Crippen LogP contribution is 2.42. The minimum atomic E-state index is -0.672. The van der Waals surface area contributed by atoms with E-state index < -0.39 is 5.97 Å². The molecule has 0 saturated carbocycles. The van der Waals surface area contributed by atoms with Gasteiger partial charge in [-0.25, -0.2) is 4.79 Å². The SMILES string of the molecule is CC(C)OC(=O)c1c(OC(C)C)oc(-c2ccccc2)c1O. The quantitative estimate of drug-likeness (QED) is 0.845. The van der Waals surface area contributed by atoms with E-state index in [1.807, 2.05) is 18.2 Å². The Hall–Kier alpha value is -2.43. The topological polar surface area (TPSA) is 68.9 Å². The van der Waals surface area contributed by atoms with Crippen LogP contribution >= 0.6 is 0 Å². The summed E-state index contributed by atoms with van der Waals surface area (Å²) in [6.45, 7) is 7.07. The van der Waals surface area contributed by atoms with Crippen LogP contribution in [-0.2, 0) is 4.74 Å². The van der Waals surface area contributed by atoms with E-state index in [0.29, 0.717) is 5.56 Å². The molecule has 0 aliphatic rings. The molecule has 22 heavy (non-hydrogen) atoms. The van der Waals surface area contributed by atoms with Gasteiger partial charge in [0.05, 0.1) is 12.2 Å². The standard InChI is InChI=1S/C17H20O5/c1-10(2)20-16(19)13-14(18)15(12-8-6-5-7-9-12)22-17(13)21-11(3)4/h5-11,18H,1-4H3. The van der Waals surface area contributed by atoms with Crippen LogP contribution in [-0.4, -0.2) is 23.3 Å². The van der Waals surface area contributed by atoms with Gasteiger partial charge in [0, 0.05) is 5.56 Å². The van der Waals surface area contributed by atoms with Gasteiger partial charge in [-0.05, 0) is 27.7 Å². The Morgan fingerprint density at radius 3 is 2.27 bits per heavy atom. The molecule has 0 radical (unpaired) electrons. The normalized spacial score (nSPS) is 11.0. The largest absolute Gasteiger partial charge is 0.503 e. The zero-order chi connectivity index (χ0) is 16.3. The summed E-state index contributed by atoms with van der Waals surface area (Å²) in [5, 5.41) is 10.4. The highest BCUT2D eigenvalue weighted by molar-refractivity contribution is 5.97. The van der Waals surface area contributed by atoms with Crippen LogP contribution in [0.3, 0.4) is 0 Å². The molecule has 0 spiro atoms. The van der Waals surface area contributed by atoms with Crippen molar-refractivity contribution in [2.24, 2.45) is 0 Å². The molecule has 5 nitrogen and oxygen atoms in total. The maximum Gasteiger partial charge on any atom is 0.349 e. The van der Waals surface area contributed by atoms with Gasteiger partial charge in [-0.1, -0.05) is 30.3 Å². The molecular formula is C17H20O5. The van der Waals surface area contributed by atoms with Crippen LogP contribution < -0.4 is 4.74 Å². The van der Waals surface area contributed by atoms with Gasteiger partial charge in [-0.3, -0.25) is 0 Å². The Balaban J connectivity index is 2.50.